The Morgan fingerprint density at radius 2 is 2.02 bits per heavy atom. The van der Waals surface area contributed by atoms with Crippen molar-refractivity contribution in [2.45, 2.75) is 19.6 Å². The summed E-state index contributed by atoms with van der Waals surface area (Å²) in [6.45, 7) is 2.09. The van der Waals surface area contributed by atoms with Crippen molar-refractivity contribution in [2.24, 2.45) is 5.92 Å². The molecule has 1 aromatic carbocycles. The number of allylic oxidation sites excluding steroid dienone is 3. The Morgan fingerprint density at radius 3 is 2.82 bits per heavy atom. The molecule has 0 saturated carbocycles. The van der Waals surface area contributed by atoms with E-state index in [-0.39, 0.29) is 30.7 Å². The molecule has 1 unspecified atom stereocenters. The highest BCUT2D eigenvalue weighted by atomic mass is 32.2. The van der Waals surface area contributed by atoms with Gasteiger partial charge < -0.3 is 40.5 Å². The Bertz CT molecular complexity index is 2010. The van der Waals surface area contributed by atoms with E-state index in [0.717, 1.165) is 33.0 Å². The van der Waals surface area contributed by atoms with Gasteiger partial charge in [0.1, 0.15) is 24.9 Å². The van der Waals surface area contributed by atoms with Gasteiger partial charge in [0.25, 0.3) is 5.91 Å². The lowest BCUT2D eigenvalue weighted by molar-refractivity contribution is -0.117. The van der Waals surface area contributed by atoms with Crippen molar-refractivity contribution in [1.82, 2.24) is 30.6 Å². The number of aromatic amines is 1. The summed E-state index contributed by atoms with van der Waals surface area (Å²) >= 11 is 3.30. The second-order valence-electron chi connectivity index (χ2n) is 11.4. The lowest BCUT2D eigenvalue weighted by Crippen LogP contribution is -2.28. The number of carbonyl (C=O) groups is 2. The first kappa shape index (κ1) is 34.5. The van der Waals surface area contributed by atoms with Gasteiger partial charge in [-0.05, 0) is 46.2 Å². The molecule has 258 valence electrons. The summed E-state index contributed by atoms with van der Waals surface area (Å²) < 4.78 is 16.2. The number of thioether (sulfide) groups is 1. The van der Waals surface area contributed by atoms with E-state index >= 15 is 0 Å². The summed E-state index contributed by atoms with van der Waals surface area (Å²) in [5, 5.41) is 16.1. The van der Waals surface area contributed by atoms with Gasteiger partial charge in [0.2, 0.25) is 11.8 Å². The van der Waals surface area contributed by atoms with E-state index in [1.54, 1.807) is 36.3 Å². The van der Waals surface area contributed by atoms with Gasteiger partial charge in [0.05, 0.1) is 24.5 Å². The van der Waals surface area contributed by atoms with E-state index in [9.17, 15) is 14.9 Å². The molecule has 0 fully saturated rings. The molecule has 0 saturated heterocycles. The van der Waals surface area contributed by atoms with E-state index in [4.69, 9.17) is 19.9 Å². The number of thiophene rings is 1. The van der Waals surface area contributed by atoms with Crippen LogP contribution in [0.4, 0.5) is 15.7 Å². The number of anilines is 2. The number of nitrogens with one attached hydrogen (secondary N) is 3. The van der Waals surface area contributed by atoms with Crippen LogP contribution in [-0.4, -0.2) is 72.4 Å². The monoisotopic (exact) mass is 713 g/mol. The number of ether oxygens (including phenoxy) is 3. The molecule has 50 heavy (non-hydrogen) atoms. The molecular formula is C34H35N9O5S2. The van der Waals surface area contributed by atoms with Crippen LogP contribution >= 0.6 is 23.1 Å². The molecule has 1 atom stereocenters. The summed E-state index contributed by atoms with van der Waals surface area (Å²) in [4.78, 5) is 45.4. The second-order valence-corrected chi connectivity index (χ2v) is 13.7. The van der Waals surface area contributed by atoms with Crippen molar-refractivity contribution in [3.63, 3.8) is 0 Å². The maximum Gasteiger partial charge on any atom is 0.407 e. The van der Waals surface area contributed by atoms with Crippen LogP contribution < -0.4 is 26.0 Å². The highest BCUT2D eigenvalue weighted by Gasteiger charge is 2.28. The van der Waals surface area contributed by atoms with Crippen molar-refractivity contribution in [1.29, 1.82) is 5.26 Å². The number of rotatable bonds is 14. The largest absolute Gasteiger partial charge is 0.471 e. The number of carbonyl (C=O) groups excluding carboxylic acids is 2. The predicted molar refractivity (Wildman–Crippen MR) is 192 cm³/mol. The van der Waals surface area contributed by atoms with Gasteiger partial charge in [0, 0.05) is 42.9 Å². The lowest BCUT2D eigenvalue weighted by atomic mass is 9.95. The zero-order valence-corrected chi connectivity index (χ0v) is 29.0. The molecule has 0 bridgehead atoms. The average molecular weight is 714 g/mol. The molecule has 5 N–H and O–H groups in total. The fraction of sp³-hybridized carbons (Fsp3) is 0.294. The first-order chi connectivity index (χ1) is 24.3. The summed E-state index contributed by atoms with van der Waals surface area (Å²) in [5.74, 6) is 0.210. The highest BCUT2D eigenvalue weighted by Crippen LogP contribution is 2.49. The summed E-state index contributed by atoms with van der Waals surface area (Å²) in [5.41, 5.74) is 9.84. The maximum atomic E-state index is 12.4. The quantitative estimate of drug-likeness (QED) is 0.0824. The van der Waals surface area contributed by atoms with Gasteiger partial charge in [-0.3, -0.25) is 4.79 Å². The number of H-pyrrole nitrogens is 1. The number of nitrogen functional groups attached to an aromatic ring is 1. The molecule has 2 amide bonds. The summed E-state index contributed by atoms with van der Waals surface area (Å²) in [6.07, 6.45) is 7.83. The Labute approximate surface area is 296 Å². The van der Waals surface area contributed by atoms with Crippen LogP contribution in [0.25, 0.3) is 17.2 Å². The number of alkyl carbamates (subject to hydrolysis) is 1. The van der Waals surface area contributed by atoms with Crippen molar-refractivity contribution >= 4 is 63.3 Å². The van der Waals surface area contributed by atoms with E-state index < -0.39 is 12.0 Å². The summed E-state index contributed by atoms with van der Waals surface area (Å²) in [7, 11) is 3.54. The van der Waals surface area contributed by atoms with E-state index in [0.29, 0.717) is 43.3 Å². The molecule has 0 spiro atoms. The van der Waals surface area contributed by atoms with Crippen molar-refractivity contribution < 1.29 is 23.8 Å². The second kappa shape index (κ2) is 15.9. The van der Waals surface area contributed by atoms with Gasteiger partial charge in [-0.25, -0.2) is 9.78 Å². The van der Waals surface area contributed by atoms with Crippen LogP contribution in [0.15, 0.2) is 64.2 Å². The van der Waals surface area contributed by atoms with E-state index in [2.05, 4.69) is 53.7 Å². The number of benzene rings is 1. The lowest BCUT2D eigenvalue weighted by Gasteiger charge is -2.17. The molecule has 4 aromatic rings. The van der Waals surface area contributed by atoms with Crippen molar-refractivity contribution in [3.05, 3.63) is 85.8 Å². The maximum absolute atomic E-state index is 12.4. The third kappa shape index (κ3) is 8.43. The number of amides is 2. The Kier molecular flexibility index (Phi) is 11.0. The van der Waals surface area contributed by atoms with Crippen LogP contribution in [0, 0.1) is 17.2 Å². The molecule has 3 aromatic heterocycles. The number of aromatic nitrogens is 4. The van der Waals surface area contributed by atoms with Gasteiger partial charge >= 0.3 is 6.09 Å². The van der Waals surface area contributed by atoms with E-state index in [1.165, 1.54) is 16.1 Å². The van der Waals surface area contributed by atoms with Crippen LogP contribution in [0.3, 0.4) is 0 Å². The average Bonchev–Trinajstić information content (AvgIpc) is 3.85. The molecular weight excluding hydrogens is 679 g/mol. The number of likely N-dealkylation sites (N-methyl/N-ethyl adjacent to an activating group) is 1. The number of nitrogens with two attached hydrogens (primary N) is 1. The number of fused-ring (bicyclic) bond motifs is 3. The van der Waals surface area contributed by atoms with Crippen molar-refractivity contribution in [3.8, 4) is 11.9 Å². The van der Waals surface area contributed by atoms with Gasteiger partial charge in [-0.15, -0.1) is 11.3 Å². The summed E-state index contributed by atoms with van der Waals surface area (Å²) in [6, 6.07) is 11.8. The normalized spacial score (nSPS) is 15.0. The number of nitriles is 1. The van der Waals surface area contributed by atoms with Gasteiger partial charge in [-0.2, -0.15) is 15.2 Å². The number of hydrogen-bond acceptors (Lipinski definition) is 13. The number of hydrogen-bond donors (Lipinski definition) is 4. The standard InChI is InChI=1S/C34H35N9O5S2/c1-43(28-15-23-14-26-22(13-27(23)50-28)11-25(49-26)12-24(16-35)31(44)37-7-9-46-2)8-10-47-34(45)38-17-20-3-5-21(6-4-20)18-48-32-29-30(40-19-39-29)41-33(36)42-32/h3-6,11-12,14-15,19,22H,7-10,13,17-18H2,1-2H3,(H,37,44)(H,38,45)(H3,36,39,40,41,42)/b24-12+. The van der Waals surface area contributed by atoms with E-state index in [1.807, 2.05) is 37.4 Å². The molecule has 14 nitrogen and oxygen atoms in total. The zero-order chi connectivity index (χ0) is 35.0. The fourth-order valence-electron chi connectivity index (χ4n) is 5.25. The first-order valence-corrected chi connectivity index (χ1v) is 17.3. The number of nitrogens with zero attached hydrogens (tertiary/aromatic N) is 5. The predicted octanol–water partition coefficient (Wildman–Crippen LogP) is 4.29. The van der Waals surface area contributed by atoms with Crippen LogP contribution in [0.1, 0.15) is 21.6 Å². The smallest absolute Gasteiger partial charge is 0.407 e. The first-order valence-electron chi connectivity index (χ1n) is 15.7. The molecule has 2 aliphatic rings. The Balaban J connectivity index is 0.923. The minimum absolute atomic E-state index is 0.0773. The third-order valence-corrected chi connectivity index (χ3v) is 10.3. The Hall–Kier alpha value is -5.37. The molecule has 0 radical (unpaired) electrons. The SMILES string of the molecule is COCCNC(=O)/C(C#N)=C/C1=CC2Cc3sc(N(C)CCOC(=O)NCc4ccc(COc5nc(N)nc6[nH]cnc56)cc4)cc3C=C2S1. The minimum Gasteiger partial charge on any atom is -0.471 e. The molecule has 1 aliphatic carbocycles. The van der Waals surface area contributed by atoms with Gasteiger partial charge in [0.15, 0.2) is 11.2 Å². The third-order valence-electron chi connectivity index (χ3n) is 7.88. The zero-order valence-electron chi connectivity index (χ0n) is 27.4. The van der Waals surface area contributed by atoms with Crippen molar-refractivity contribution in [2.75, 3.05) is 51.1 Å². The molecule has 6 rings (SSSR count). The molecule has 4 heterocycles. The van der Waals surface area contributed by atoms with Gasteiger partial charge in [-0.1, -0.05) is 42.1 Å². The topological polar surface area (TPSA) is 193 Å². The van der Waals surface area contributed by atoms with Crippen LogP contribution in [-0.2, 0) is 33.8 Å². The molecule has 16 heteroatoms. The number of methoxy groups -OCH3 is 1. The highest BCUT2D eigenvalue weighted by molar-refractivity contribution is 8.07. The number of imidazole rings is 1. The van der Waals surface area contributed by atoms with Crippen LogP contribution in [0.2, 0.25) is 0 Å². The minimum atomic E-state index is -0.487. The van der Waals surface area contributed by atoms with Crippen LogP contribution in [0.5, 0.6) is 5.88 Å². The molecule has 1 aliphatic heterocycles. The fourth-order valence-corrected chi connectivity index (χ4v) is 7.60. The Morgan fingerprint density at radius 1 is 1.20 bits per heavy atom.